The van der Waals surface area contributed by atoms with Crippen LogP contribution in [0.1, 0.15) is 11.3 Å². The smallest absolute Gasteiger partial charge is 0.0889 e. The summed E-state index contributed by atoms with van der Waals surface area (Å²) in [5.41, 5.74) is 3.35. The van der Waals surface area contributed by atoms with Gasteiger partial charge >= 0.3 is 0 Å². The summed E-state index contributed by atoms with van der Waals surface area (Å²) in [5.74, 6) is 0. The lowest BCUT2D eigenvalue weighted by Crippen LogP contribution is -2.44. The monoisotopic (exact) mass is 271 g/mol. The van der Waals surface area contributed by atoms with Crippen LogP contribution in [0.5, 0.6) is 0 Å². The second kappa shape index (κ2) is 6.15. The van der Waals surface area contributed by atoms with Crippen molar-refractivity contribution in [2.75, 3.05) is 32.7 Å². The van der Waals surface area contributed by atoms with Crippen LogP contribution in [-0.4, -0.2) is 52.6 Å². The molecule has 5 heteroatoms. The molecule has 0 aliphatic carbocycles. The molecule has 1 aliphatic heterocycles. The van der Waals surface area contributed by atoms with Crippen LogP contribution in [0, 0.1) is 6.92 Å². The number of aromatic nitrogens is 3. The average molecular weight is 271 g/mol. The van der Waals surface area contributed by atoms with Gasteiger partial charge in [0.2, 0.25) is 0 Å². The lowest BCUT2D eigenvalue weighted by atomic mass is 10.1. The molecule has 106 valence electrons. The molecular weight excluding hydrogens is 250 g/mol. The Hall–Kier alpha value is -1.72. The molecule has 2 heterocycles. The van der Waals surface area contributed by atoms with Crippen LogP contribution in [-0.2, 0) is 6.42 Å². The molecule has 0 atom stereocenters. The van der Waals surface area contributed by atoms with E-state index < -0.39 is 0 Å². The number of piperazine rings is 1. The number of hydrogen-bond donors (Lipinski definition) is 1. The maximum Gasteiger partial charge on any atom is 0.0889 e. The third-order valence-electron chi connectivity index (χ3n) is 3.72. The van der Waals surface area contributed by atoms with E-state index in [9.17, 15) is 0 Å². The van der Waals surface area contributed by atoms with Crippen LogP contribution in [0.15, 0.2) is 30.5 Å². The van der Waals surface area contributed by atoms with Crippen LogP contribution < -0.4 is 5.32 Å². The van der Waals surface area contributed by atoms with Gasteiger partial charge in [0.25, 0.3) is 0 Å². The Labute approximate surface area is 119 Å². The molecule has 2 aromatic rings. The van der Waals surface area contributed by atoms with E-state index in [0.717, 1.165) is 50.5 Å². The Balaban J connectivity index is 1.72. The Bertz CT molecular complexity index is 557. The highest BCUT2D eigenvalue weighted by Crippen LogP contribution is 2.14. The fourth-order valence-corrected chi connectivity index (χ4v) is 2.59. The van der Waals surface area contributed by atoms with Gasteiger partial charge in [0.1, 0.15) is 0 Å². The lowest BCUT2D eigenvalue weighted by molar-refractivity contribution is 0.244. The topological polar surface area (TPSA) is 46.0 Å². The van der Waals surface area contributed by atoms with Crippen molar-refractivity contribution >= 4 is 0 Å². The van der Waals surface area contributed by atoms with Gasteiger partial charge in [-0.1, -0.05) is 18.2 Å². The van der Waals surface area contributed by atoms with Gasteiger partial charge in [-0.2, -0.15) is 15.0 Å². The molecule has 3 rings (SSSR count). The molecule has 1 N–H and O–H groups in total. The van der Waals surface area contributed by atoms with Crippen LogP contribution in [0.25, 0.3) is 5.69 Å². The predicted molar refractivity (Wildman–Crippen MR) is 79.1 cm³/mol. The zero-order valence-electron chi connectivity index (χ0n) is 11.9. The minimum absolute atomic E-state index is 0.946. The van der Waals surface area contributed by atoms with Gasteiger partial charge in [-0.15, -0.1) is 0 Å². The number of para-hydroxylation sites is 1. The largest absolute Gasteiger partial charge is 0.314 e. The third kappa shape index (κ3) is 3.05. The van der Waals surface area contributed by atoms with Gasteiger partial charge in [-0.25, -0.2) is 0 Å². The molecule has 1 saturated heterocycles. The predicted octanol–water partition coefficient (Wildman–Crippen LogP) is 1.02. The number of nitrogens with zero attached hydrogens (tertiary/aromatic N) is 4. The summed E-state index contributed by atoms with van der Waals surface area (Å²) in [4.78, 5) is 4.25. The fraction of sp³-hybridized carbons (Fsp3) is 0.467. The molecule has 1 aliphatic rings. The molecule has 1 fully saturated rings. The number of rotatable bonds is 4. The van der Waals surface area contributed by atoms with E-state index in [1.165, 1.54) is 5.56 Å². The van der Waals surface area contributed by atoms with E-state index in [4.69, 9.17) is 0 Å². The van der Waals surface area contributed by atoms with E-state index in [0.29, 0.717) is 0 Å². The van der Waals surface area contributed by atoms with Crippen molar-refractivity contribution in [3.8, 4) is 5.69 Å². The van der Waals surface area contributed by atoms with Gasteiger partial charge < -0.3 is 10.2 Å². The van der Waals surface area contributed by atoms with Crippen molar-refractivity contribution in [2.24, 2.45) is 0 Å². The van der Waals surface area contributed by atoms with Crippen molar-refractivity contribution in [3.63, 3.8) is 0 Å². The highest BCUT2D eigenvalue weighted by Gasteiger charge is 2.11. The molecule has 20 heavy (non-hydrogen) atoms. The first-order valence-corrected chi connectivity index (χ1v) is 7.23. The molecule has 0 spiro atoms. The molecule has 5 nitrogen and oxygen atoms in total. The molecule has 1 aromatic carbocycles. The summed E-state index contributed by atoms with van der Waals surface area (Å²) >= 11 is 0. The minimum Gasteiger partial charge on any atom is -0.314 e. The molecule has 0 saturated carbocycles. The second-order valence-electron chi connectivity index (χ2n) is 5.25. The lowest BCUT2D eigenvalue weighted by Gasteiger charge is -2.27. The summed E-state index contributed by atoms with van der Waals surface area (Å²) < 4.78 is 0. The van der Waals surface area contributed by atoms with E-state index in [-0.39, 0.29) is 0 Å². The molecular formula is C15H21N5. The highest BCUT2D eigenvalue weighted by atomic mass is 15.5. The Kier molecular flexibility index (Phi) is 4.08. The summed E-state index contributed by atoms with van der Waals surface area (Å²) in [5, 5.41) is 12.1. The van der Waals surface area contributed by atoms with Crippen LogP contribution in [0.2, 0.25) is 0 Å². The van der Waals surface area contributed by atoms with E-state index in [1.54, 1.807) is 11.0 Å². The SMILES string of the molecule is Cc1cnn(-c2ccccc2CCN2CCNCC2)n1. The number of benzene rings is 1. The maximum absolute atomic E-state index is 4.42. The second-order valence-corrected chi connectivity index (χ2v) is 5.25. The summed E-state index contributed by atoms with van der Waals surface area (Å²) in [6.07, 6.45) is 2.84. The average Bonchev–Trinajstić information content (AvgIpc) is 2.93. The van der Waals surface area contributed by atoms with Crippen LogP contribution in [0.3, 0.4) is 0 Å². The van der Waals surface area contributed by atoms with Crippen molar-refractivity contribution < 1.29 is 0 Å². The molecule has 0 radical (unpaired) electrons. The molecule has 0 amide bonds. The normalized spacial score (nSPS) is 16.4. The van der Waals surface area contributed by atoms with Crippen molar-refractivity contribution in [3.05, 3.63) is 41.7 Å². The van der Waals surface area contributed by atoms with Crippen LogP contribution in [0.4, 0.5) is 0 Å². The van der Waals surface area contributed by atoms with Gasteiger partial charge in [0.05, 0.1) is 17.6 Å². The van der Waals surface area contributed by atoms with E-state index in [1.807, 2.05) is 13.0 Å². The third-order valence-corrected chi connectivity index (χ3v) is 3.72. The first-order chi connectivity index (χ1) is 9.83. The number of aryl methyl sites for hydroxylation is 1. The zero-order chi connectivity index (χ0) is 13.8. The van der Waals surface area contributed by atoms with Crippen LogP contribution >= 0.6 is 0 Å². The first kappa shape index (κ1) is 13.3. The zero-order valence-corrected chi connectivity index (χ0v) is 11.9. The van der Waals surface area contributed by atoms with Gasteiger partial charge in [-0.05, 0) is 25.0 Å². The van der Waals surface area contributed by atoms with Crippen molar-refractivity contribution in [1.29, 1.82) is 0 Å². The molecule has 0 bridgehead atoms. The number of nitrogens with one attached hydrogen (secondary N) is 1. The van der Waals surface area contributed by atoms with E-state index >= 15 is 0 Å². The Morgan fingerprint density at radius 1 is 1.20 bits per heavy atom. The summed E-state index contributed by atoms with van der Waals surface area (Å²) in [6, 6.07) is 8.40. The standard InChI is InChI=1S/C15H21N5/c1-13-12-17-20(18-13)15-5-3-2-4-14(15)6-9-19-10-7-16-8-11-19/h2-5,12,16H,6-11H2,1H3. The van der Waals surface area contributed by atoms with Crippen molar-refractivity contribution in [1.82, 2.24) is 25.2 Å². The first-order valence-electron chi connectivity index (χ1n) is 7.23. The quantitative estimate of drug-likeness (QED) is 0.902. The Morgan fingerprint density at radius 3 is 2.75 bits per heavy atom. The molecule has 0 unspecified atom stereocenters. The maximum atomic E-state index is 4.42. The fourth-order valence-electron chi connectivity index (χ4n) is 2.59. The number of hydrogen-bond acceptors (Lipinski definition) is 4. The summed E-state index contributed by atoms with van der Waals surface area (Å²) in [7, 11) is 0. The molecule has 1 aromatic heterocycles. The van der Waals surface area contributed by atoms with E-state index in [2.05, 4.69) is 38.6 Å². The summed E-state index contributed by atoms with van der Waals surface area (Å²) in [6.45, 7) is 7.54. The Morgan fingerprint density at radius 2 is 2.00 bits per heavy atom. The minimum atomic E-state index is 0.946. The van der Waals surface area contributed by atoms with Crippen molar-refractivity contribution in [2.45, 2.75) is 13.3 Å². The van der Waals surface area contributed by atoms with Gasteiger partial charge in [0.15, 0.2) is 0 Å². The highest BCUT2D eigenvalue weighted by molar-refractivity contribution is 5.39. The van der Waals surface area contributed by atoms with Gasteiger partial charge in [0, 0.05) is 32.7 Å². The van der Waals surface area contributed by atoms with Gasteiger partial charge in [-0.3, -0.25) is 0 Å².